The zero-order valence-corrected chi connectivity index (χ0v) is 16.7. The standard InChI is InChI=1S/C22H26N2O4/c1-14(22(25)28-4)23-12-18(16-9-7-11-20(26-2)21(16)27-3)17-13-24-19-10-6-5-8-15(17)19/h5-11,13-14,18,23-24H,12H2,1-4H3/p+1/t14-,18-/m1/s1. The number of nitrogens with two attached hydrogens (primary N) is 1. The van der Waals surface area contributed by atoms with Crippen LogP contribution in [0.4, 0.5) is 0 Å². The normalized spacial score (nSPS) is 13.1. The molecule has 3 N–H and O–H groups in total. The second-order valence-corrected chi connectivity index (χ2v) is 6.71. The molecule has 0 radical (unpaired) electrons. The van der Waals surface area contributed by atoms with Gasteiger partial charge in [0.05, 0.1) is 33.8 Å². The monoisotopic (exact) mass is 383 g/mol. The minimum absolute atomic E-state index is 0.00620. The predicted octanol–water partition coefficient (Wildman–Crippen LogP) is 2.44. The Labute approximate surface area is 164 Å². The SMILES string of the molecule is COC(=O)[C@@H](C)[NH2+]C[C@H](c1cccc(OC)c1OC)c1c[nH]c2ccccc12. The minimum Gasteiger partial charge on any atom is -0.493 e. The van der Waals surface area contributed by atoms with Crippen LogP contribution in [-0.4, -0.2) is 44.9 Å². The Morgan fingerprint density at radius 3 is 2.54 bits per heavy atom. The Kier molecular flexibility index (Phi) is 6.21. The minimum atomic E-state index is -0.297. The van der Waals surface area contributed by atoms with Gasteiger partial charge in [-0.05, 0) is 24.6 Å². The van der Waals surface area contributed by atoms with Crippen molar-refractivity contribution in [2.24, 2.45) is 0 Å². The summed E-state index contributed by atoms with van der Waals surface area (Å²) >= 11 is 0. The van der Waals surface area contributed by atoms with Crippen molar-refractivity contribution < 1.29 is 24.3 Å². The smallest absolute Gasteiger partial charge is 0.364 e. The first-order valence-electron chi connectivity index (χ1n) is 9.28. The van der Waals surface area contributed by atoms with Crippen molar-refractivity contribution in [2.75, 3.05) is 27.9 Å². The zero-order chi connectivity index (χ0) is 20.1. The molecule has 3 rings (SSSR count). The van der Waals surface area contributed by atoms with Crippen molar-refractivity contribution in [3.05, 3.63) is 59.8 Å². The van der Waals surface area contributed by atoms with E-state index in [1.807, 2.05) is 48.8 Å². The number of aromatic amines is 1. The summed E-state index contributed by atoms with van der Waals surface area (Å²) in [6, 6.07) is 13.8. The van der Waals surface area contributed by atoms with Gasteiger partial charge in [-0.3, -0.25) is 0 Å². The second kappa shape index (κ2) is 8.80. The summed E-state index contributed by atoms with van der Waals surface area (Å²) < 4.78 is 16.1. The Morgan fingerprint density at radius 2 is 1.82 bits per heavy atom. The molecular formula is C22H27N2O4+. The van der Waals surface area contributed by atoms with Gasteiger partial charge in [0, 0.05) is 22.7 Å². The molecule has 0 aliphatic heterocycles. The van der Waals surface area contributed by atoms with Crippen molar-refractivity contribution in [3.63, 3.8) is 0 Å². The van der Waals surface area contributed by atoms with Crippen molar-refractivity contribution in [3.8, 4) is 11.5 Å². The quantitative estimate of drug-likeness (QED) is 0.586. The lowest BCUT2D eigenvalue weighted by Crippen LogP contribution is -2.92. The predicted molar refractivity (Wildman–Crippen MR) is 108 cm³/mol. The molecule has 0 bridgehead atoms. The van der Waals surface area contributed by atoms with E-state index >= 15 is 0 Å². The van der Waals surface area contributed by atoms with Crippen LogP contribution in [0.1, 0.15) is 24.0 Å². The number of fused-ring (bicyclic) bond motifs is 1. The van der Waals surface area contributed by atoms with Crippen molar-refractivity contribution in [1.29, 1.82) is 0 Å². The average molecular weight is 383 g/mol. The molecule has 0 amide bonds. The maximum absolute atomic E-state index is 11.9. The number of hydrogen-bond donors (Lipinski definition) is 2. The summed E-state index contributed by atoms with van der Waals surface area (Å²) in [6.07, 6.45) is 2.03. The van der Waals surface area contributed by atoms with Crippen molar-refractivity contribution >= 4 is 16.9 Å². The molecule has 0 unspecified atom stereocenters. The third-order valence-corrected chi connectivity index (χ3v) is 5.10. The summed E-state index contributed by atoms with van der Waals surface area (Å²) in [7, 11) is 4.69. The summed E-state index contributed by atoms with van der Waals surface area (Å²) in [5.41, 5.74) is 3.24. The first-order valence-corrected chi connectivity index (χ1v) is 9.28. The van der Waals surface area contributed by atoms with E-state index in [1.165, 1.54) is 7.11 Å². The Balaban J connectivity index is 2.06. The third-order valence-electron chi connectivity index (χ3n) is 5.10. The van der Waals surface area contributed by atoms with Gasteiger partial charge >= 0.3 is 5.97 Å². The Morgan fingerprint density at radius 1 is 1.04 bits per heavy atom. The van der Waals surface area contributed by atoms with E-state index in [4.69, 9.17) is 14.2 Å². The van der Waals surface area contributed by atoms with Crippen LogP contribution in [0.2, 0.25) is 0 Å². The topological polar surface area (TPSA) is 77.2 Å². The molecule has 3 aromatic rings. The van der Waals surface area contributed by atoms with Gasteiger partial charge in [-0.2, -0.15) is 0 Å². The molecule has 2 aromatic carbocycles. The van der Waals surface area contributed by atoms with E-state index in [2.05, 4.69) is 17.1 Å². The van der Waals surface area contributed by atoms with Gasteiger partial charge in [0.25, 0.3) is 0 Å². The number of benzene rings is 2. The lowest BCUT2D eigenvalue weighted by atomic mass is 9.89. The number of rotatable bonds is 8. The van der Waals surface area contributed by atoms with Crippen LogP contribution in [0, 0.1) is 0 Å². The van der Waals surface area contributed by atoms with Gasteiger partial charge in [-0.1, -0.05) is 30.3 Å². The van der Waals surface area contributed by atoms with Crippen molar-refractivity contribution in [1.82, 2.24) is 4.98 Å². The molecule has 0 spiro atoms. The molecular weight excluding hydrogens is 356 g/mol. The number of aromatic nitrogens is 1. The summed E-state index contributed by atoms with van der Waals surface area (Å²) in [5, 5.41) is 3.15. The molecule has 6 nitrogen and oxygen atoms in total. The molecule has 0 saturated carbocycles. The van der Waals surface area contributed by atoms with Crippen LogP contribution in [-0.2, 0) is 9.53 Å². The number of ether oxygens (including phenoxy) is 3. The summed E-state index contributed by atoms with van der Waals surface area (Å²) in [4.78, 5) is 15.2. The largest absolute Gasteiger partial charge is 0.493 e. The Bertz CT molecular complexity index is 951. The van der Waals surface area contributed by atoms with Gasteiger partial charge in [0.1, 0.15) is 0 Å². The number of esters is 1. The van der Waals surface area contributed by atoms with Gasteiger partial charge in [0.2, 0.25) is 0 Å². The van der Waals surface area contributed by atoms with Gasteiger partial charge < -0.3 is 24.5 Å². The maximum Gasteiger partial charge on any atom is 0.364 e. The fraction of sp³-hybridized carbons (Fsp3) is 0.318. The fourth-order valence-electron chi connectivity index (χ4n) is 3.61. The highest BCUT2D eigenvalue weighted by Gasteiger charge is 2.27. The number of methoxy groups -OCH3 is 3. The highest BCUT2D eigenvalue weighted by atomic mass is 16.5. The molecule has 0 fully saturated rings. The second-order valence-electron chi connectivity index (χ2n) is 6.71. The number of H-pyrrole nitrogens is 1. The van der Waals surface area contributed by atoms with Gasteiger partial charge in [0.15, 0.2) is 17.5 Å². The zero-order valence-electron chi connectivity index (χ0n) is 16.7. The first-order chi connectivity index (χ1) is 13.6. The lowest BCUT2D eigenvalue weighted by molar-refractivity contribution is -0.676. The lowest BCUT2D eigenvalue weighted by Gasteiger charge is -2.21. The number of nitrogens with one attached hydrogen (secondary N) is 1. The maximum atomic E-state index is 11.9. The van der Waals surface area contributed by atoms with Crippen LogP contribution in [0.25, 0.3) is 10.9 Å². The number of carbonyl (C=O) groups is 1. The van der Waals surface area contributed by atoms with Crippen LogP contribution in [0.15, 0.2) is 48.7 Å². The number of hydrogen-bond acceptors (Lipinski definition) is 4. The fourth-order valence-corrected chi connectivity index (χ4v) is 3.61. The van der Waals surface area contributed by atoms with Crippen LogP contribution in [0.3, 0.4) is 0 Å². The number of quaternary nitrogens is 1. The number of carbonyl (C=O) groups excluding carboxylic acids is 1. The van der Waals surface area contributed by atoms with E-state index in [-0.39, 0.29) is 17.9 Å². The van der Waals surface area contributed by atoms with Crippen LogP contribution >= 0.6 is 0 Å². The van der Waals surface area contributed by atoms with Crippen molar-refractivity contribution in [2.45, 2.75) is 18.9 Å². The molecule has 0 saturated heterocycles. The molecule has 2 atom stereocenters. The van der Waals surface area contributed by atoms with E-state index in [0.29, 0.717) is 18.0 Å². The molecule has 6 heteroatoms. The summed E-state index contributed by atoms with van der Waals surface area (Å²) in [6.45, 7) is 2.50. The van der Waals surface area contributed by atoms with E-state index < -0.39 is 0 Å². The molecule has 1 heterocycles. The Hall–Kier alpha value is -2.99. The van der Waals surface area contributed by atoms with E-state index in [9.17, 15) is 4.79 Å². The van der Waals surface area contributed by atoms with Crippen LogP contribution < -0.4 is 14.8 Å². The number of para-hydroxylation sites is 2. The molecule has 148 valence electrons. The van der Waals surface area contributed by atoms with E-state index in [0.717, 1.165) is 22.0 Å². The van der Waals surface area contributed by atoms with Crippen LogP contribution in [0.5, 0.6) is 11.5 Å². The van der Waals surface area contributed by atoms with E-state index in [1.54, 1.807) is 14.2 Å². The summed E-state index contributed by atoms with van der Waals surface area (Å²) in [5.74, 6) is 1.15. The molecule has 1 aromatic heterocycles. The third kappa shape index (κ3) is 3.82. The average Bonchev–Trinajstić information content (AvgIpc) is 3.16. The molecule has 0 aliphatic carbocycles. The van der Waals surface area contributed by atoms with Gasteiger partial charge in [-0.15, -0.1) is 0 Å². The van der Waals surface area contributed by atoms with Gasteiger partial charge in [-0.25, -0.2) is 4.79 Å². The highest BCUT2D eigenvalue weighted by molar-refractivity contribution is 5.84. The highest BCUT2D eigenvalue weighted by Crippen LogP contribution is 2.39. The first kappa shape index (κ1) is 19.8. The molecule has 28 heavy (non-hydrogen) atoms. The molecule has 0 aliphatic rings.